The van der Waals surface area contributed by atoms with Gasteiger partial charge in [0.15, 0.2) is 0 Å². The molecule has 6 heteroatoms. The van der Waals surface area contributed by atoms with Crippen LogP contribution in [-0.4, -0.2) is 36.6 Å². The lowest BCUT2D eigenvalue weighted by atomic mass is 10.0. The highest BCUT2D eigenvalue weighted by Crippen LogP contribution is 2.16. The smallest absolute Gasteiger partial charge is 0.251 e. The first-order valence-corrected chi connectivity index (χ1v) is 9.93. The lowest BCUT2D eigenvalue weighted by Crippen LogP contribution is -2.52. The third kappa shape index (κ3) is 5.57. The number of hydrogen-bond acceptors (Lipinski definition) is 3. The zero-order chi connectivity index (χ0) is 19.9. The molecule has 2 aromatic carbocycles. The van der Waals surface area contributed by atoms with Crippen molar-refractivity contribution in [2.45, 2.75) is 44.4 Å². The van der Waals surface area contributed by atoms with E-state index in [9.17, 15) is 9.59 Å². The predicted molar refractivity (Wildman–Crippen MR) is 109 cm³/mol. The number of rotatable bonds is 7. The van der Waals surface area contributed by atoms with Crippen molar-refractivity contribution in [2.24, 2.45) is 0 Å². The number of ether oxygens (including phenoxy) is 1. The second-order valence-corrected chi connectivity index (χ2v) is 7.51. The Hall–Kier alpha value is -2.37. The van der Waals surface area contributed by atoms with E-state index in [2.05, 4.69) is 10.6 Å². The first-order chi connectivity index (χ1) is 13.5. The third-order valence-corrected chi connectivity index (χ3v) is 5.16. The summed E-state index contributed by atoms with van der Waals surface area (Å²) < 4.78 is 5.66. The van der Waals surface area contributed by atoms with Gasteiger partial charge in [0.2, 0.25) is 5.91 Å². The minimum absolute atomic E-state index is 0.0216. The molecule has 3 unspecified atom stereocenters. The molecule has 2 amide bonds. The summed E-state index contributed by atoms with van der Waals surface area (Å²) >= 11 is 5.89. The average molecular weight is 401 g/mol. The number of hydrogen-bond donors (Lipinski definition) is 2. The molecule has 28 heavy (non-hydrogen) atoms. The molecule has 0 aromatic heterocycles. The van der Waals surface area contributed by atoms with Crippen molar-refractivity contribution in [1.82, 2.24) is 10.6 Å². The van der Waals surface area contributed by atoms with Gasteiger partial charge in [-0.15, -0.1) is 0 Å². The van der Waals surface area contributed by atoms with Crippen LogP contribution in [0.5, 0.6) is 0 Å². The van der Waals surface area contributed by atoms with Gasteiger partial charge in [0.1, 0.15) is 6.04 Å². The standard InChI is InChI=1S/C22H25ClN2O3/c1-15(20-8-5-13-28-20)24-22(27)19(14-16-6-3-2-4-7-16)25-21(26)17-9-11-18(23)12-10-17/h2-4,6-7,9-12,15,19-20H,5,8,13-14H2,1H3,(H,24,27)(H,25,26). The van der Waals surface area contributed by atoms with Crippen LogP contribution >= 0.6 is 11.6 Å². The fourth-order valence-corrected chi connectivity index (χ4v) is 3.44. The number of carbonyl (C=O) groups is 2. The Morgan fingerprint density at radius 3 is 2.46 bits per heavy atom. The average Bonchev–Trinajstić information content (AvgIpc) is 3.23. The highest BCUT2D eigenvalue weighted by molar-refractivity contribution is 6.30. The summed E-state index contributed by atoms with van der Waals surface area (Å²) in [6.45, 7) is 2.67. The highest BCUT2D eigenvalue weighted by atomic mass is 35.5. The zero-order valence-electron chi connectivity index (χ0n) is 15.9. The fourth-order valence-electron chi connectivity index (χ4n) is 3.32. The summed E-state index contributed by atoms with van der Waals surface area (Å²) in [6.07, 6.45) is 2.37. The molecule has 1 heterocycles. The second-order valence-electron chi connectivity index (χ2n) is 7.07. The molecule has 1 aliphatic rings. The van der Waals surface area contributed by atoms with Gasteiger partial charge < -0.3 is 15.4 Å². The SMILES string of the molecule is CC(NC(=O)C(Cc1ccccc1)NC(=O)c1ccc(Cl)cc1)C1CCCO1. The molecular formula is C22H25ClN2O3. The zero-order valence-corrected chi connectivity index (χ0v) is 16.6. The molecule has 5 nitrogen and oxygen atoms in total. The first kappa shape index (κ1) is 20.4. The quantitative estimate of drug-likeness (QED) is 0.748. The molecule has 2 aromatic rings. The second kappa shape index (κ2) is 9.71. The van der Waals surface area contributed by atoms with Crippen LogP contribution in [0.25, 0.3) is 0 Å². The van der Waals surface area contributed by atoms with Crippen molar-refractivity contribution in [3.8, 4) is 0 Å². The monoisotopic (exact) mass is 400 g/mol. The van der Waals surface area contributed by atoms with Crippen LogP contribution in [-0.2, 0) is 16.0 Å². The van der Waals surface area contributed by atoms with Gasteiger partial charge in [-0.25, -0.2) is 0 Å². The third-order valence-electron chi connectivity index (χ3n) is 4.90. The van der Waals surface area contributed by atoms with Crippen LogP contribution in [0.1, 0.15) is 35.7 Å². The van der Waals surface area contributed by atoms with Crippen molar-refractivity contribution >= 4 is 23.4 Å². The molecule has 1 saturated heterocycles. The van der Waals surface area contributed by atoms with Gasteiger partial charge in [0, 0.05) is 23.6 Å². The molecule has 0 radical (unpaired) electrons. The van der Waals surface area contributed by atoms with Crippen LogP contribution < -0.4 is 10.6 Å². The van der Waals surface area contributed by atoms with Gasteiger partial charge in [-0.2, -0.15) is 0 Å². The summed E-state index contributed by atoms with van der Waals surface area (Å²) in [5.41, 5.74) is 1.44. The minimum Gasteiger partial charge on any atom is -0.376 e. The van der Waals surface area contributed by atoms with Crippen LogP contribution in [0.2, 0.25) is 5.02 Å². The predicted octanol–water partition coefficient (Wildman–Crippen LogP) is 3.36. The van der Waals surface area contributed by atoms with Crippen molar-refractivity contribution in [3.63, 3.8) is 0 Å². The summed E-state index contributed by atoms with van der Waals surface area (Å²) in [5.74, 6) is -0.522. The lowest BCUT2D eigenvalue weighted by molar-refractivity contribution is -0.124. The van der Waals surface area contributed by atoms with E-state index in [0.717, 1.165) is 25.0 Å². The van der Waals surface area contributed by atoms with Crippen molar-refractivity contribution < 1.29 is 14.3 Å². The Kier molecular flexibility index (Phi) is 7.06. The van der Waals surface area contributed by atoms with E-state index in [0.29, 0.717) is 17.0 Å². The Bertz CT molecular complexity index is 789. The van der Waals surface area contributed by atoms with Crippen LogP contribution in [0, 0.1) is 0 Å². The maximum Gasteiger partial charge on any atom is 0.251 e. The number of carbonyl (C=O) groups excluding carboxylic acids is 2. The van der Waals surface area contributed by atoms with Crippen molar-refractivity contribution in [1.29, 1.82) is 0 Å². The lowest BCUT2D eigenvalue weighted by Gasteiger charge is -2.24. The summed E-state index contributed by atoms with van der Waals surface area (Å²) in [6, 6.07) is 15.4. The topological polar surface area (TPSA) is 67.4 Å². The van der Waals surface area contributed by atoms with Gasteiger partial charge in [0.05, 0.1) is 12.1 Å². The number of halogens is 1. The minimum atomic E-state index is -0.686. The molecule has 3 rings (SSSR count). The van der Waals surface area contributed by atoms with Gasteiger partial charge >= 0.3 is 0 Å². The number of amides is 2. The van der Waals surface area contributed by atoms with Gasteiger partial charge in [0.25, 0.3) is 5.91 Å². The van der Waals surface area contributed by atoms with Crippen molar-refractivity contribution in [2.75, 3.05) is 6.61 Å². The molecule has 3 atom stereocenters. The molecule has 0 aliphatic carbocycles. The molecule has 1 aliphatic heterocycles. The molecule has 2 N–H and O–H groups in total. The van der Waals surface area contributed by atoms with E-state index in [-0.39, 0.29) is 24.0 Å². The maximum atomic E-state index is 12.9. The summed E-state index contributed by atoms with van der Waals surface area (Å²) in [5, 5.41) is 6.43. The molecule has 0 spiro atoms. The van der Waals surface area contributed by atoms with Gasteiger partial charge in [-0.05, 0) is 49.6 Å². The highest BCUT2D eigenvalue weighted by Gasteiger charge is 2.28. The largest absolute Gasteiger partial charge is 0.376 e. The van der Waals surface area contributed by atoms with E-state index < -0.39 is 6.04 Å². The van der Waals surface area contributed by atoms with Gasteiger partial charge in [-0.3, -0.25) is 9.59 Å². The van der Waals surface area contributed by atoms with E-state index >= 15 is 0 Å². The Labute approximate surface area is 170 Å². The summed E-state index contributed by atoms with van der Waals surface area (Å²) in [7, 11) is 0. The summed E-state index contributed by atoms with van der Waals surface area (Å²) in [4.78, 5) is 25.6. The van der Waals surface area contributed by atoms with E-state index in [1.165, 1.54) is 0 Å². The molecule has 0 saturated carbocycles. The number of nitrogens with one attached hydrogen (secondary N) is 2. The molecule has 0 bridgehead atoms. The molecular weight excluding hydrogens is 376 g/mol. The van der Waals surface area contributed by atoms with Crippen LogP contribution in [0.15, 0.2) is 54.6 Å². The van der Waals surface area contributed by atoms with E-state index in [1.54, 1.807) is 24.3 Å². The Morgan fingerprint density at radius 2 is 1.82 bits per heavy atom. The number of benzene rings is 2. The van der Waals surface area contributed by atoms with E-state index in [1.807, 2.05) is 37.3 Å². The van der Waals surface area contributed by atoms with Crippen LogP contribution in [0.4, 0.5) is 0 Å². The van der Waals surface area contributed by atoms with Crippen LogP contribution in [0.3, 0.4) is 0 Å². The van der Waals surface area contributed by atoms with Crippen molar-refractivity contribution in [3.05, 3.63) is 70.7 Å². The Morgan fingerprint density at radius 1 is 1.11 bits per heavy atom. The van der Waals surface area contributed by atoms with Gasteiger partial charge in [-0.1, -0.05) is 41.9 Å². The first-order valence-electron chi connectivity index (χ1n) is 9.55. The normalized spacial score (nSPS) is 18.3. The molecule has 1 fully saturated rings. The Balaban J connectivity index is 1.71. The fraction of sp³-hybridized carbons (Fsp3) is 0.364. The molecule has 148 valence electrons. The van der Waals surface area contributed by atoms with E-state index in [4.69, 9.17) is 16.3 Å². The maximum absolute atomic E-state index is 12.9.